The number of hydrogen-bond donors (Lipinski definition) is 2. The van der Waals surface area contributed by atoms with Crippen molar-refractivity contribution in [2.45, 2.75) is 0 Å². The highest BCUT2D eigenvalue weighted by Gasteiger charge is 2.14. The zero-order chi connectivity index (χ0) is 9.42. The number of rotatable bonds is 1. The summed E-state index contributed by atoms with van der Waals surface area (Å²) < 4.78 is 0. The molecule has 0 atom stereocenters. The van der Waals surface area contributed by atoms with Crippen LogP contribution in [0.2, 0.25) is 0 Å². The summed E-state index contributed by atoms with van der Waals surface area (Å²) in [6, 6.07) is 0. The fourth-order valence-electron chi connectivity index (χ4n) is 1.03. The number of fused-ring (bicyclic) bond motifs is 1. The number of carbonyl (C=O) groups is 1. The normalized spacial score (nSPS) is 10.5. The average molecular weight is 194 g/mol. The van der Waals surface area contributed by atoms with Gasteiger partial charge in [-0.15, -0.1) is 11.3 Å². The third-order valence-corrected chi connectivity index (χ3v) is 2.70. The van der Waals surface area contributed by atoms with Crippen LogP contribution in [0, 0.1) is 0 Å². The third kappa shape index (κ3) is 1.11. The SMILES string of the molecule is NC(=O)c1sc2nccnc2c1N. The number of thiophene rings is 1. The van der Waals surface area contributed by atoms with Crippen molar-refractivity contribution >= 4 is 33.3 Å². The minimum atomic E-state index is -0.540. The molecule has 2 aromatic rings. The van der Waals surface area contributed by atoms with E-state index in [0.717, 1.165) is 11.3 Å². The Kier molecular flexibility index (Phi) is 1.63. The number of primary amides is 1. The molecule has 66 valence electrons. The first kappa shape index (κ1) is 7.93. The number of nitrogens with zero attached hydrogens (tertiary/aromatic N) is 2. The maximum atomic E-state index is 10.9. The molecule has 0 bridgehead atoms. The highest BCUT2D eigenvalue weighted by Crippen LogP contribution is 2.29. The van der Waals surface area contributed by atoms with Crippen LogP contribution >= 0.6 is 11.3 Å². The molecule has 5 nitrogen and oxygen atoms in total. The Morgan fingerprint density at radius 3 is 2.69 bits per heavy atom. The van der Waals surface area contributed by atoms with Crippen molar-refractivity contribution in [2.75, 3.05) is 5.73 Å². The standard InChI is InChI=1S/C7H6N4OS/c8-3-4-7(11-2-1-10-4)13-5(3)6(9)12/h1-2H,8H2,(H2,9,12). The van der Waals surface area contributed by atoms with Crippen LogP contribution in [0.1, 0.15) is 9.67 Å². The number of carbonyl (C=O) groups excluding carboxylic acids is 1. The van der Waals surface area contributed by atoms with E-state index in [1.165, 1.54) is 6.20 Å². The summed E-state index contributed by atoms with van der Waals surface area (Å²) in [5.74, 6) is -0.540. The smallest absolute Gasteiger partial charge is 0.261 e. The lowest BCUT2D eigenvalue weighted by atomic mass is 10.3. The third-order valence-electron chi connectivity index (χ3n) is 1.59. The lowest BCUT2D eigenvalue weighted by molar-refractivity contribution is 0.100. The van der Waals surface area contributed by atoms with E-state index in [0.29, 0.717) is 20.9 Å². The second-order valence-electron chi connectivity index (χ2n) is 2.42. The maximum Gasteiger partial charge on any atom is 0.261 e. The van der Waals surface area contributed by atoms with E-state index in [2.05, 4.69) is 9.97 Å². The summed E-state index contributed by atoms with van der Waals surface area (Å²) in [5, 5.41) is 0. The van der Waals surface area contributed by atoms with Crippen LogP contribution in [0.3, 0.4) is 0 Å². The first-order valence-electron chi connectivity index (χ1n) is 3.49. The van der Waals surface area contributed by atoms with Crippen LogP contribution in [0.15, 0.2) is 12.4 Å². The van der Waals surface area contributed by atoms with Gasteiger partial charge in [-0.2, -0.15) is 0 Å². The number of hydrogen-bond acceptors (Lipinski definition) is 5. The molecule has 0 spiro atoms. The van der Waals surface area contributed by atoms with Crippen LogP contribution in [0.25, 0.3) is 10.3 Å². The molecule has 0 aromatic carbocycles. The molecule has 13 heavy (non-hydrogen) atoms. The summed E-state index contributed by atoms with van der Waals surface area (Å²) in [7, 11) is 0. The Hall–Kier alpha value is -1.69. The van der Waals surface area contributed by atoms with E-state index in [4.69, 9.17) is 11.5 Å². The van der Waals surface area contributed by atoms with Gasteiger partial charge in [-0.3, -0.25) is 4.79 Å². The Bertz CT molecular complexity index is 478. The van der Waals surface area contributed by atoms with Gasteiger partial charge in [-0.1, -0.05) is 0 Å². The molecule has 4 N–H and O–H groups in total. The number of nitrogens with two attached hydrogens (primary N) is 2. The molecular formula is C7H6N4OS. The van der Waals surface area contributed by atoms with Gasteiger partial charge in [-0.05, 0) is 0 Å². The van der Waals surface area contributed by atoms with Gasteiger partial charge in [0.25, 0.3) is 5.91 Å². The Balaban J connectivity index is 2.81. The zero-order valence-corrected chi connectivity index (χ0v) is 7.34. The molecule has 0 aliphatic heterocycles. The zero-order valence-electron chi connectivity index (χ0n) is 6.52. The van der Waals surface area contributed by atoms with E-state index in [-0.39, 0.29) is 0 Å². The van der Waals surface area contributed by atoms with Crippen molar-refractivity contribution in [1.29, 1.82) is 0 Å². The largest absolute Gasteiger partial charge is 0.396 e. The van der Waals surface area contributed by atoms with Crippen LogP contribution in [-0.4, -0.2) is 15.9 Å². The molecule has 0 aliphatic carbocycles. The van der Waals surface area contributed by atoms with Gasteiger partial charge in [0.1, 0.15) is 15.2 Å². The molecule has 0 saturated carbocycles. The Labute approximate surface area is 77.4 Å². The molecule has 1 amide bonds. The van der Waals surface area contributed by atoms with E-state index in [1.54, 1.807) is 6.20 Å². The van der Waals surface area contributed by atoms with Crippen molar-refractivity contribution in [3.63, 3.8) is 0 Å². The minimum absolute atomic E-state index is 0.320. The molecule has 0 unspecified atom stereocenters. The molecule has 2 rings (SSSR count). The van der Waals surface area contributed by atoms with Gasteiger partial charge in [-0.25, -0.2) is 9.97 Å². The second kappa shape index (κ2) is 2.67. The van der Waals surface area contributed by atoms with Gasteiger partial charge in [0, 0.05) is 12.4 Å². The molecule has 2 aromatic heterocycles. The number of nitrogen functional groups attached to an aromatic ring is 1. The van der Waals surface area contributed by atoms with Crippen molar-refractivity contribution in [2.24, 2.45) is 5.73 Å². The number of amides is 1. The molecule has 2 heterocycles. The van der Waals surface area contributed by atoms with Crippen LogP contribution < -0.4 is 11.5 Å². The monoisotopic (exact) mass is 194 g/mol. The number of anilines is 1. The van der Waals surface area contributed by atoms with E-state index in [9.17, 15) is 4.79 Å². The van der Waals surface area contributed by atoms with E-state index >= 15 is 0 Å². The summed E-state index contributed by atoms with van der Waals surface area (Å²) in [6.07, 6.45) is 3.07. The van der Waals surface area contributed by atoms with E-state index < -0.39 is 5.91 Å². The van der Waals surface area contributed by atoms with Crippen molar-refractivity contribution < 1.29 is 4.79 Å². The summed E-state index contributed by atoms with van der Waals surface area (Å²) >= 11 is 1.16. The van der Waals surface area contributed by atoms with Gasteiger partial charge in [0.15, 0.2) is 0 Å². The van der Waals surface area contributed by atoms with Gasteiger partial charge in [0.2, 0.25) is 0 Å². The highest BCUT2D eigenvalue weighted by atomic mass is 32.1. The predicted molar refractivity (Wildman–Crippen MR) is 50.3 cm³/mol. The van der Waals surface area contributed by atoms with Crippen LogP contribution in [0.5, 0.6) is 0 Å². The lowest BCUT2D eigenvalue weighted by Gasteiger charge is -1.90. The lowest BCUT2D eigenvalue weighted by Crippen LogP contribution is -2.10. The quantitative estimate of drug-likeness (QED) is 0.685. The average Bonchev–Trinajstić information content (AvgIpc) is 2.45. The second-order valence-corrected chi connectivity index (χ2v) is 3.42. The van der Waals surface area contributed by atoms with Crippen molar-refractivity contribution in [3.05, 3.63) is 17.3 Å². The molecular weight excluding hydrogens is 188 g/mol. The predicted octanol–water partition coefficient (Wildman–Crippen LogP) is 0.372. The molecule has 0 fully saturated rings. The van der Waals surface area contributed by atoms with Gasteiger partial charge < -0.3 is 11.5 Å². The first-order chi connectivity index (χ1) is 6.20. The molecule has 0 aliphatic rings. The summed E-state index contributed by atoms with van der Waals surface area (Å²) in [4.78, 5) is 19.9. The summed E-state index contributed by atoms with van der Waals surface area (Å²) in [6.45, 7) is 0. The highest BCUT2D eigenvalue weighted by molar-refractivity contribution is 7.21. The number of aromatic nitrogens is 2. The molecule has 0 radical (unpaired) electrons. The van der Waals surface area contributed by atoms with Crippen LogP contribution in [0.4, 0.5) is 5.69 Å². The van der Waals surface area contributed by atoms with Crippen molar-refractivity contribution in [1.82, 2.24) is 9.97 Å². The maximum absolute atomic E-state index is 10.9. The van der Waals surface area contributed by atoms with E-state index in [1.807, 2.05) is 0 Å². The fourth-order valence-corrected chi connectivity index (χ4v) is 1.90. The molecule has 6 heteroatoms. The molecule has 0 saturated heterocycles. The fraction of sp³-hybridized carbons (Fsp3) is 0. The van der Waals surface area contributed by atoms with Gasteiger partial charge >= 0.3 is 0 Å². The Morgan fingerprint density at radius 1 is 1.38 bits per heavy atom. The van der Waals surface area contributed by atoms with Crippen molar-refractivity contribution in [3.8, 4) is 0 Å². The Morgan fingerprint density at radius 2 is 2.08 bits per heavy atom. The first-order valence-corrected chi connectivity index (χ1v) is 4.30. The topological polar surface area (TPSA) is 94.9 Å². The summed E-state index contributed by atoms with van der Waals surface area (Å²) in [5.41, 5.74) is 11.6. The van der Waals surface area contributed by atoms with Crippen LogP contribution in [-0.2, 0) is 0 Å². The van der Waals surface area contributed by atoms with Gasteiger partial charge in [0.05, 0.1) is 5.69 Å². The minimum Gasteiger partial charge on any atom is -0.396 e.